The Morgan fingerprint density at radius 1 is 1.04 bits per heavy atom. The summed E-state index contributed by atoms with van der Waals surface area (Å²) in [5.41, 5.74) is 1.12. The second kappa shape index (κ2) is 14.8. The maximum atomic E-state index is 13.8. The molecule has 260 valence electrons. The molecule has 1 atom stereocenters. The van der Waals surface area contributed by atoms with Gasteiger partial charge in [0.1, 0.15) is 18.2 Å². The van der Waals surface area contributed by atoms with Gasteiger partial charge in [-0.3, -0.25) is 14.4 Å². The molecule has 0 spiro atoms. The lowest BCUT2D eigenvalue weighted by molar-refractivity contribution is -0.141. The van der Waals surface area contributed by atoms with Crippen LogP contribution in [0.1, 0.15) is 88.3 Å². The van der Waals surface area contributed by atoms with E-state index in [9.17, 15) is 14.4 Å². The van der Waals surface area contributed by atoms with Crippen molar-refractivity contribution in [3.05, 3.63) is 87.8 Å². The van der Waals surface area contributed by atoms with Crippen molar-refractivity contribution < 1.29 is 14.0 Å². The van der Waals surface area contributed by atoms with Crippen molar-refractivity contribution >= 4 is 34.4 Å². The van der Waals surface area contributed by atoms with Crippen molar-refractivity contribution in [2.45, 2.75) is 90.1 Å². The van der Waals surface area contributed by atoms with Gasteiger partial charge in [-0.05, 0) is 114 Å². The molecule has 10 nitrogen and oxygen atoms in total. The molecule has 3 heterocycles. The number of likely N-dealkylation sites (tertiary alicyclic amines) is 1. The number of nitrogens with one attached hydrogen (secondary N) is 2. The fraction of sp³-hybridized carbons (Fsp3) is 0.500. The van der Waals surface area contributed by atoms with Gasteiger partial charge in [-0.1, -0.05) is 43.0 Å². The number of fused-ring (bicyclic) bond motifs is 1. The molecule has 1 saturated heterocycles. The van der Waals surface area contributed by atoms with Gasteiger partial charge in [-0.2, -0.15) is 5.10 Å². The van der Waals surface area contributed by atoms with E-state index < -0.39 is 5.91 Å². The van der Waals surface area contributed by atoms with Crippen molar-refractivity contribution in [1.29, 1.82) is 0 Å². The van der Waals surface area contributed by atoms with Gasteiger partial charge in [0.25, 0.3) is 5.91 Å². The summed E-state index contributed by atoms with van der Waals surface area (Å²) in [7, 11) is 0. The molecule has 2 aromatic heterocycles. The van der Waals surface area contributed by atoms with Crippen LogP contribution >= 0.6 is 11.6 Å². The van der Waals surface area contributed by atoms with E-state index in [4.69, 9.17) is 16.0 Å². The van der Waals surface area contributed by atoms with Crippen LogP contribution < -0.4 is 16.1 Å². The average Bonchev–Trinajstić information content (AvgIpc) is 3.63. The van der Waals surface area contributed by atoms with Crippen LogP contribution in [0.15, 0.2) is 70.4 Å². The summed E-state index contributed by atoms with van der Waals surface area (Å²) in [5.74, 6) is 0.165. The summed E-state index contributed by atoms with van der Waals surface area (Å²) in [5, 5.41) is 11.6. The summed E-state index contributed by atoms with van der Waals surface area (Å²) in [6.45, 7) is 8.63. The number of amides is 2. The Kier molecular flexibility index (Phi) is 10.6. The lowest BCUT2D eigenvalue weighted by Gasteiger charge is -2.47. The quantitative estimate of drug-likeness (QED) is 0.200. The first kappa shape index (κ1) is 34.8. The van der Waals surface area contributed by atoms with Crippen LogP contribution in [-0.2, 0) is 11.2 Å². The number of carbonyl (C=O) groups excluding carboxylic acids is 2. The summed E-state index contributed by atoms with van der Waals surface area (Å²) >= 11 is 6.16. The van der Waals surface area contributed by atoms with Crippen molar-refractivity contribution in [2.24, 2.45) is 11.3 Å². The normalized spacial score (nSPS) is 17.9. The summed E-state index contributed by atoms with van der Waals surface area (Å²) in [6.07, 6.45) is 11.8. The van der Waals surface area contributed by atoms with Crippen LogP contribution in [0.4, 0.5) is 0 Å². The van der Waals surface area contributed by atoms with Crippen LogP contribution in [0, 0.1) is 11.3 Å². The highest BCUT2D eigenvalue weighted by Gasteiger charge is 2.48. The molecule has 49 heavy (non-hydrogen) atoms. The molecule has 2 N–H and O–H groups in total. The highest BCUT2D eigenvalue weighted by Crippen LogP contribution is 2.46. The molecule has 4 aromatic rings. The second-order valence-corrected chi connectivity index (χ2v) is 15.3. The van der Waals surface area contributed by atoms with Crippen LogP contribution in [-0.4, -0.2) is 62.7 Å². The number of aromatic nitrogens is 3. The molecule has 0 bridgehead atoms. The fourth-order valence-corrected chi connectivity index (χ4v) is 7.71. The first-order valence-electron chi connectivity index (χ1n) is 17.5. The average molecular weight is 687 g/mol. The minimum Gasteiger partial charge on any atom is -0.451 e. The van der Waals surface area contributed by atoms with Gasteiger partial charge in [0, 0.05) is 29.2 Å². The number of piperidine rings is 1. The van der Waals surface area contributed by atoms with E-state index in [2.05, 4.69) is 46.4 Å². The SMILES string of the molecule is CC(C)(C)NC(=O)C1(C2CCCCC2)CCN(CC[C@H](Cc2ccc(Cl)cc2)NC(=O)c2cc(=O)c3cc(-n4cncn4)ccc3o2)CC1. The van der Waals surface area contributed by atoms with Crippen molar-refractivity contribution in [3.63, 3.8) is 0 Å². The first-order valence-corrected chi connectivity index (χ1v) is 17.9. The van der Waals surface area contributed by atoms with E-state index in [1.165, 1.54) is 31.7 Å². The second-order valence-electron chi connectivity index (χ2n) is 14.8. The molecular weight excluding hydrogens is 640 g/mol. The minimum atomic E-state index is -0.438. The number of rotatable bonds is 10. The molecular formula is C38H47ClN6O4. The van der Waals surface area contributed by atoms with Crippen molar-refractivity contribution in [3.8, 4) is 5.69 Å². The van der Waals surface area contributed by atoms with E-state index in [0.717, 1.165) is 50.9 Å². The minimum absolute atomic E-state index is 0.0350. The number of benzene rings is 2. The van der Waals surface area contributed by atoms with E-state index >= 15 is 0 Å². The van der Waals surface area contributed by atoms with Gasteiger partial charge in [0.05, 0.1) is 16.5 Å². The van der Waals surface area contributed by atoms with Gasteiger partial charge in [0.2, 0.25) is 5.91 Å². The molecule has 6 rings (SSSR count). The van der Waals surface area contributed by atoms with E-state index in [0.29, 0.717) is 40.4 Å². The molecule has 1 aliphatic heterocycles. The fourth-order valence-electron chi connectivity index (χ4n) is 7.58. The predicted octanol–water partition coefficient (Wildman–Crippen LogP) is 6.34. The molecule has 1 aliphatic carbocycles. The third-order valence-electron chi connectivity index (χ3n) is 10.2. The van der Waals surface area contributed by atoms with Gasteiger partial charge in [-0.25, -0.2) is 9.67 Å². The zero-order chi connectivity index (χ0) is 34.6. The summed E-state index contributed by atoms with van der Waals surface area (Å²) in [4.78, 5) is 47.0. The number of hydrogen-bond donors (Lipinski definition) is 2. The van der Waals surface area contributed by atoms with Crippen molar-refractivity contribution in [2.75, 3.05) is 19.6 Å². The van der Waals surface area contributed by atoms with Gasteiger partial charge in [-0.15, -0.1) is 0 Å². The lowest BCUT2D eigenvalue weighted by Crippen LogP contribution is -2.56. The van der Waals surface area contributed by atoms with Crippen LogP contribution in [0.2, 0.25) is 5.02 Å². The van der Waals surface area contributed by atoms with Gasteiger partial charge in [0.15, 0.2) is 11.2 Å². The largest absolute Gasteiger partial charge is 0.451 e. The Morgan fingerprint density at radius 2 is 1.78 bits per heavy atom. The monoisotopic (exact) mass is 686 g/mol. The molecule has 2 aliphatic rings. The zero-order valence-corrected chi connectivity index (χ0v) is 29.5. The van der Waals surface area contributed by atoms with Gasteiger partial charge < -0.3 is 20.0 Å². The molecule has 2 fully saturated rings. The molecule has 11 heteroatoms. The zero-order valence-electron chi connectivity index (χ0n) is 28.7. The molecule has 2 aromatic carbocycles. The standard InChI is InChI=1S/C38H47ClN6O4/c1-37(2,3)43-36(48)38(27-7-5-4-6-8-27)16-19-44(20-17-38)18-15-29(21-26-9-11-28(39)12-10-26)42-35(47)34-23-32(46)31-22-30(13-14-33(31)49-34)45-25-40-24-41-45/h9-14,22-25,27,29H,4-8,15-21H2,1-3H3,(H,42,47)(H,43,48)/t29-/m1/s1. The summed E-state index contributed by atoms with van der Waals surface area (Å²) < 4.78 is 7.51. The van der Waals surface area contributed by atoms with E-state index in [1.807, 2.05) is 24.3 Å². The summed E-state index contributed by atoms with van der Waals surface area (Å²) in [6, 6.07) is 13.8. The van der Waals surface area contributed by atoms with E-state index in [1.54, 1.807) is 29.2 Å². The number of carbonyl (C=O) groups is 2. The topological polar surface area (TPSA) is 122 Å². The Hall–Kier alpha value is -4.02. The van der Waals surface area contributed by atoms with Crippen LogP contribution in [0.25, 0.3) is 16.7 Å². The lowest BCUT2D eigenvalue weighted by atomic mass is 9.63. The van der Waals surface area contributed by atoms with Crippen molar-refractivity contribution in [1.82, 2.24) is 30.3 Å². The maximum Gasteiger partial charge on any atom is 0.287 e. The smallest absolute Gasteiger partial charge is 0.287 e. The Morgan fingerprint density at radius 3 is 2.45 bits per heavy atom. The third kappa shape index (κ3) is 8.41. The molecule has 1 saturated carbocycles. The Balaban J connectivity index is 1.15. The van der Waals surface area contributed by atoms with E-state index in [-0.39, 0.29) is 34.1 Å². The van der Waals surface area contributed by atoms with Gasteiger partial charge >= 0.3 is 0 Å². The molecule has 0 unspecified atom stereocenters. The van der Waals surface area contributed by atoms with Crippen LogP contribution in [0.3, 0.4) is 0 Å². The third-order valence-corrected chi connectivity index (χ3v) is 10.5. The number of hydrogen-bond acceptors (Lipinski definition) is 7. The first-order chi connectivity index (χ1) is 23.5. The highest BCUT2D eigenvalue weighted by molar-refractivity contribution is 6.30. The number of nitrogens with zero attached hydrogens (tertiary/aromatic N) is 4. The number of halogens is 1. The highest BCUT2D eigenvalue weighted by atomic mass is 35.5. The maximum absolute atomic E-state index is 13.8. The van der Waals surface area contributed by atoms with Crippen LogP contribution in [0.5, 0.6) is 0 Å². The molecule has 0 radical (unpaired) electrons. The predicted molar refractivity (Wildman–Crippen MR) is 191 cm³/mol. The molecule has 2 amide bonds. The Bertz CT molecular complexity index is 1800. The Labute approximate surface area is 292 Å².